The summed E-state index contributed by atoms with van der Waals surface area (Å²) >= 11 is 0. The van der Waals surface area contributed by atoms with E-state index in [1.807, 2.05) is 0 Å². The van der Waals surface area contributed by atoms with Crippen LogP contribution in [0.5, 0.6) is 0 Å². The van der Waals surface area contributed by atoms with Gasteiger partial charge in [0, 0.05) is 13.2 Å². The summed E-state index contributed by atoms with van der Waals surface area (Å²) in [5.74, 6) is -0.729. The lowest BCUT2D eigenvalue weighted by Gasteiger charge is -2.46. The quantitative estimate of drug-likeness (QED) is 0.776. The molecule has 2 rings (SSSR count). The third kappa shape index (κ3) is 2.38. The van der Waals surface area contributed by atoms with E-state index < -0.39 is 5.97 Å². The first-order valence-corrected chi connectivity index (χ1v) is 6.24. The summed E-state index contributed by atoms with van der Waals surface area (Å²) in [5, 5.41) is 9.04. The minimum Gasteiger partial charge on any atom is -0.480 e. The molecular formula is C12H21NO3. The third-order valence-electron chi connectivity index (χ3n) is 3.91. The Balaban J connectivity index is 2.00. The van der Waals surface area contributed by atoms with Gasteiger partial charge in [-0.2, -0.15) is 0 Å². The third-order valence-corrected chi connectivity index (χ3v) is 3.91. The summed E-state index contributed by atoms with van der Waals surface area (Å²) < 4.78 is 5.93. The topological polar surface area (TPSA) is 49.8 Å². The van der Waals surface area contributed by atoms with Crippen LogP contribution in [0.1, 0.15) is 39.0 Å². The zero-order chi connectivity index (χ0) is 11.6. The van der Waals surface area contributed by atoms with Gasteiger partial charge in [-0.15, -0.1) is 0 Å². The highest BCUT2D eigenvalue weighted by Crippen LogP contribution is 2.34. The number of aliphatic carboxylic acids is 1. The Labute approximate surface area is 96.6 Å². The monoisotopic (exact) mass is 227 g/mol. The van der Waals surface area contributed by atoms with Crippen LogP contribution in [0.25, 0.3) is 0 Å². The van der Waals surface area contributed by atoms with Crippen LogP contribution in [0.4, 0.5) is 0 Å². The molecule has 4 nitrogen and oxygen atoms in total. The number of carboxylic acids is 1. The first kappa shape index (κ1) is 11.9. The van der Waals surface area contributed by atoms with Crippen molar-refractivity contribution in [3.05, 3.63) is 0 Å². The molecule has 2 saturated heterocycles. The molecule has 0 aromatic rings. The Hall–Kier alpha value is -0.610. The van der Waals surface area contributed by atoms with Crippen LogP contribution in [0.3, 0.4) is 0 Å². The number of carbonyl (C=O) groups is 1. The number of piperidine rings is 1. The van der Waals surface area contributed by atoms with Gasteiger partial charge in [-0.1, -0.05) is 0 Å². The normalized spacial score (nSPS) is 33.8. The van der Waals surface area contributed by atoms with Crippen LogP contribution < -0.4 is 0 Å². The minimum absolute atomic E-state index is 0.0415. The summed E-state index contributed by atoms with van der Waals surface area (Å²) in [6, 6.07) is -0.386. The Morgan fingerprint density at radius 2 is 2.12 bits per heavy atom. The SMILES string of the molecule is C[C@@H](C(=O)O)N1CCC[C@@]2(CCCCO2)C1. The van der Waals surface area contributed by atoms with Crippen LogP contribution in [0.2, 0.25) is 0 Å². The van der Waals surface area contributed by atoms with E-state index in [4.69, 9.17) is 9.84 Å². The van der Waals surface area contributed by atoms with Gasteiger partial charge in [-0.05, 0) is 45.6 Å². The van der Waals surface area contributed by atoms with Crippen molar-refractivity contribution in [2.45, 2.75) is 50.7 Å². The summed E-state index contributed by atoms with van der Waals surface area (Å²) in [4.78, 5) is 13.0. The van der Waals surface area contributed by atoms with Gasteiger partial charge < -0.3 is 9.84 Å². The van der Waals surface area contributed by atoms with E-state index in [0.29, 0.717) is 0 Å². The molecule has 0 aromatic heterocycles. The summed E-state index contributed by atoms with van der Waals surface area (Å²) in [7, 11) is 0. The van der Waals surface area contributed by atoms with Crippen molar-refractivity contribution < 1.29 is 14.6 Å². The van der Waals surface area contributed by atoms with E-state index in [1.54, 1.807) is 6.92 Å². The lowest BCUT2D eigenvalue weighted by molar-refractivity contribution is -0.151. The van der Waals surface area contributed by atoms with Gasteiger partial charge in [0.1, 0.15) is 6.04 Å². The second-order valence-corrected chi connectivity index (χ2v) is 5.08. The zero-order valence-corrected chi connectivity index (χ0v) is 9.95. The molecule has 0 unspecified atom stereocenters. The molecule has 0 aliphatic carbocycles. The molecule has 0 bridgehead atoms. The van der Waals surface area contributed by atoms with E-state index in [1.165, 1.54) is 6.42 Å². The summed E-state index contributed by atoms with van der Waals surface area (Å²) in [6.07, 6.45) is 5.61. The van der Waals surface area contributed by atoms with Crippen LogP contribution in [-0.2, 0) is 9.53 Å². The second kappa shape index (κ2) is 4.72. The molecule has 2 heterocycles. The van der Waals surface area contributed by atoms with Crippen LogP contribution in [0, 0.1) is 0 Å². The fourth-order valence-corrected chi connectivity index (χ4v) is 2.85. The Morgan fingerprint density at radius 1 is 1.38 bits per heavy atom. The van der Waals surface area contributed by atoms with Crippen LogP contribution >= 0.6 is 0 Å². The maximum absolute atomic E-state index is 11.0. The van der Waals surface area contributed by atoms with Crippen molar-refractivity contribution >= 4 is 5.97 Å². The van der Waals surface area contributed by atoms with Crippen molar-refractivity contribution in [2.24, 2.45) is 0 Å². The van der Waals surface area contributed by atoms with Crippen molar-refractivity contribution in [1.82, 2.24) is 4.90 Å². The molecule has 16 heavy (non-hydrogen) atoms. The van der Waals surface area contributed by atoms with Crippen molar-refractivity contribution in [2.75, 3.05) is 19.7 Å². The Kier molecular flexibility index (Phi) is 3.50. The van der Waals surface area contributed by atoms with Gasteiger partial charge in [0.2, 0.25) is 0 Å². The molecule has 0 aromatic carbocycles. The molecule has 2 aliphatic rings. The van der Waals surface area contributed by atoms with Crippen molar-refractivity contribution in [1.29, 1.82) is 0 Å². The highest BCUT2D eigenvalue weighted by Gasteiger charge is 2.39. The molecule has 0 radical (unpaired) electrons. The number of rotatable bonds is 2. The maximum Gasteiger partial charge on any atom is 0.320 e. The number of nitrogens with zero attached hydrogens (tertiary/aromatic N) is 1. The van der Waals surface area contributed by atoms with E-state index in [-0.39, 0.29) is 11.6 Å². The molecular weight excluding hydrogens is 206 g/mol. The van der Waals surface area contributed by atoms with Crippen molar-refractivity contribution in [3.8, 4) is 0 Å². The molecule has 1 N–H and O–H groups in total. The Bertz CT molecular complexity index is 255. The highest BCUT2D eigenvalue weighted by atomic mass is 16.5. The molecule has 4 heteroatoms. The number of ether oxygens (including phenoxy) is 1. The maximum atomic E-state index is 11.0. The molecule has 2 fully saturated rings. The number of hydrogen-bond donors (Lipinski definition) is 1. The zero-order valence-electron chi connectivity index (χ0n) is 9.95. The van der Waals surface area contributed by atoms with E-state index in [2.05, 4.69) is 4.90 Å². The smallest absolute Gasteiger partial charge is 0.320 e. The van der Waals surface area contributed by atoms with Gasteiger partial charge in [-0.25, -0.2) is 0 Å². The molecule has 2 atom stereocenters. The Morgan fingerprint density at radius 3 is 2.75 bits per heavy atom. The lowest BCUT2D eigenvalue weighted by Crippen LogP contribution is -2.55. The van der Waals surface area contributed by atoms with Gasteiger partial charge in [0.15, 0.2) is 0 Å². The first-order chi connectivity index (χ1) is 7.63. The van der Waals surface area contributed by atoms with E-state index in [9.17, 15) is 4.79 Å². The molecule has 0 saturated carbocycles. The van der Waals surface area contributed by atoms with Crippen molar-refractivity contribution in [3.63, 3.8) is 0 Å². The second-order valence-electron chi connectivity index (χ2n) is 5.08. The standard InChI is InChI=1S/C12H21NO3/c1-10(11(14)15)13-7-4-6-12(9-13)5-2-3-8-16-12/h10H,2-9H2,1H3,(H,14,15)/t10-,12-/m0/s1. The van der Waals surface area contributed by atoms with Crippen LogP contribution in [0.15, 0.2) is 0 Å². The van der Waals surface area contributed by atoms with Gasteiger partial charge in [0.25, 0.3) is 0 Å². The fraction of sp³-hybridized carbons (Fsp3) is 0.917. The first-order valence-electron chi connectivity index (χ1n) is 6.24. The predicted octanol–water partition coefficient (Wildman–Crippen LogP) is 1.49. The minimum atomic E-state index is -0.729. The van der Waals surface area contributed by atoms with Gasteiger partial charge in [-0.3, -0.25) is 9.69 Å². The average molecular weight is 227 g/mol. The van der Waals surface area contributed by atoms with E-state index >= 15 is 0 Å². The number of likely N-dealkylation sites (tertiary alicyclic amines) is 1. The number of hydrogen-bond acceptors (Lipinski definition) is 3. The predicted molar refractivity (Wildman–Crippen MR) is 60.4 cm³/mol. The van der Waals surface area contributed by atoms with E-state index in [0.717, 1.165) is 45.4 Å². The fourth-order valence-electron chi connectivity index (χ4n) is 2.85. The summed E-state index contributed by atoms with van der Waals surface area (Å²) in [6.45, 7) is 4.29. The largest absolute Gasteiger partial charge is 0.480 e. The van der Waals surface area contributed by atoms with Crippen LogP contribution in [-0.4, -0.2) is 47.3 Å². The highest BCUT2D eigenvalue weighted by molar-refractivity contribution is 5.72. The lowest BCUT2D eigenvalue weighted by atomic mass is 9.85. The molecule has 1 spiro atoms. The van der Waals surface area contributed by atoms with Gasteiger partial charge in [0.05, 0.1) is 5.60 Å². The average Bonchev–Trinajstić information content (AvgIpc) is 2.29. The molecule has 92 valence electrons. The molecule has 2 aliphatic heterocycles. The summed E-state index contributed by atoms with van der Waals surface area (Å²) in [5.41, 5.74) is -0.0415. The number of carboxylic acid groups (broad SMARTS) is 1. The van der Waals surface area contributed by atoms with Gasteiger partial charge >= 0.3 is 5.97 Å². The molecule has 0 amide bonds.